The zero-order chi connectivity index (χ0) is 21.7. The highest BCUT2D eigenvalue weighted by molar-refractivity contribution is 5.94. The first kappa shape index (κ1) is 21.6. The summed E-state index contributed by atoms with van der Waals surface area (Å²) in [6, 6.07) is 22.4. The molecule has 3 aromatic carbocycles. The Morgan fingerprint density at radius 3 is 2.30 bits per heavy atom. The summed E-state index contributed by atoms with van der Waals surface area (Å²) in [6.07, 6.45) is 0. The molecule has 3 aromatic rings. The molecule has 0 fully saturated rings. The zero-order valence-corrected chi connectivity index (χ0v) is 18.6. The maximum atomic E-state index is 12.5. The molecule has 156 valence electrons. The van der Waals surface area contributed by atoms with Gasteiger partial charge in [0.05, 0.1) is 6.54 Å². The Morgan fingerprint density at radius 2 is 1.63 bits per heavy atom. The maximum Gasteiger partial charge on any atom is 0.253 e. The molecular formula is C27H31NO2. The third-order valence-electron chi connectivity index (χ3n) is 5.41. The van der Waals surface area contributed by atoms with E-state index in [-0.39, 0.29) is 5.91 Å². The number of ether oxygens (including phenoxy) is 1. The summed E-state index contributed by atoms with van der Waals surface area (Å²) in [4.78, 5) is 14.2. The fraction of sp³-hybridized carbons (Fsp3) is 0.296. The summed E-state index contributed by atoms with van der Waals surface area (Å²) in [6.45, 7) is 9.56. The lowest BCUT2D eigenvalue weighted by molar-refractivity contribution is 0.0774. The molecule has 0 N–H and O–H groups in total. The van der Waals surface area contributed by atoms with E-state index in [9.17, 15) is 4.79 Å². The van der Waals surface area contributed by atoms with Gasteiger partial charge < -0.3 is 9.64 Å². The molecule has 0 aromatic heterocycles. The molecule has 0 aliphatic carbocycles. The molecule has 0 aliphatic rings. The minimum Gasteiger partial charge on any atom is -0.492 e. The molecule has 0 radical (unpaired) electrons. The molecule has 0 spiro atoms. The molecule has 0 saturated carbocycles. The van der Waals surface area contributed by atoms with Crippen LogP contribution in [0.25, 0.3) is 11.1 Å². The average Bonchev–Trinajstić information content (AvgIpc) is 2.74. The monoisotopic (exact) mass is 401 g/mol. The van der Waals surface area contributed by atoms with Gasteiger partial charge in [0.25, 0.3) is 5.91 Å². The van der Waals surface area contributed by atoms with Crippen LogP contribution in [0.3, 0.4) is 0 Å². The van der Waals surface area contributed by atoms with E-state index >= 15 is 0 Å². The summed E-state index contributed by atoms with van der Waals surface area (Å²) < 4.78 is 5.94. The standard InChI is InChI=1S/C27H31NO2/c1-19(2)24-8-6-7-9-26(24)25-15-14-23(18-21(25)4)30-17-16-28(5)27(29)22-12-10-20(3)11-13-22/h6-15,18-19H,16-17H2,1-5H3. The first-order chi connectivity index (χ1) is 14.4. The van der Waals surface area contributed by atoms with Gasteiger partial charge in [0.2, 0.25) is 0 Å². The van der Waals surface area contributed by atoms with Crippen LogP contribution in [0, 0.1) is 13.8 Å². The average molecular weight is 402 g/mol. The third-order valence-corrected chi connectivity index (χ3v) is 5.41. The lowest BCUT2D eigenvalue weighted by atomic mass is 9.90. The third kappa shape index (κ3) is 5.10. The highest BCUT2D eigenvalue weighted by Crippen LogP contribution is 2.32. The second-order valence-electron chi connectivity index (χ2n) is 8.16. The van der Waals surface area contributed by atoms with E-state index in [0.29, 0.717) is 24.6 Å². The van der Waals surface area contributed by atoms with E-state index in [4.69, 9.17) is 4.74 Å². The SMILES string of the molecule is Cc1ccc(C(=O)N(C)CCOc2ccc(-c3ccccc3C(C)C)c(C)c2)cc1. The zero-order valence-electron chi connectivity index (χ0n) is 18.6. The van der Waals surface area contributed by atoms with Crippen LogP contribution in [0.1, 0.15) is 46.8 Å². The number of benzene rings is 3. The van der Waals surface area contributed by atoms with Crippen LogP contribution in [0.5, 0.6) is 5.75 Å². The predicted octanol–water partition coefficient (Wildman–Crippen LogP) is 6.24. The normalized spacial score (nSPS) is 10.9. The Morgan fingerprint density at radius 1 is 0.933 bits per heavy atom. The van der Waals surface area contributed by atoms with Crippen LogP contribution < -0.4 is 4.74 Å². The summed E-state index contributed by atoms with van der Waals surface area (Å²) in [5.74, 6) is 1.31. The molecule has 0 aliphatic heterocycles. The van der Waals surface area contributed by atoms with Crippen molar-refractivity contribution in [1.29, 1.82) is 0 Å². The second-order valence-corrected chi connectivity index (χ2v) is 8.16. The van der Waals surface area contributed by atoms with Crippen LogP contribution in [0.2, 0.25) is 0 Å². The second kappa shape index (κ2) is 9.62. The fourth-order valence-electron chi connectivity index (χ4n) is 3.59. The molecule has 0 unspecified atom stereocenters. The smallest absolute Gasteiger partial charge is 0.253 e. The highest BCUT2D eigenvalue weighted by atomic mass is 16.5. The number of amides is 1. The Hall–Kier alpha value is -3.07. The number of hydrogen-bond donors (Lipinski definition) is 0. The number of hydrogen-bond acceptors (Lipinski definition) is 2. The quantitative estimate of drug-likeness (QED) is 0.469. The highest BCUT2D eigenvalue weighted by Gasteiger charge is 2.13. The summed E-state index contributed by atoms with van der Waals surface area (Å²) in [7, 11) is 1.81. The number of carbonyl (C=O) groups excluding carboxylic acids is 1. The number of carbonyl (C=O) groups is 1. The van der Waals surface area contributed by atoms with Crippen LogP contribution in [-0.2, 0) is 0 Å². The van der Waals surface area contributed by atoms with Crippen LogP contribution in [0.4, 0.5) is 0 Å². The molecule has 3 rings (SSSR count). The fourth-order valence-corrected chi connectivity index (χ4v) is 3.59. The molecule has 3 heteroatoms. The number of nitrogens with zero attached hydrogens (tertiary/aromatic N) is 1. The van der Waals surface area contributed by atoms with E-state index in [1.165, 1.54) is 22.3 Å². The van der Waals surface area contributed by atoms with Crippen molar-refractivity contribution in [3.8, 4) is 16.9 Å². The lowest BCUT2D eigenvalue weighted by Gasteiger charge is -2.18. The van der Waals surface area contributed by atoms with Gasteiger partial charge in [-0.25, -0.2) is 0 Å². The Kier molecular flexibility index (Phi) is 6.94. The molecule has 0 atom stereocenters. The van der Waals surface area contributed by atoms with Gasteiger partial charge in [-0.3, -0.25) is 4.79 Å². The molecule has 0 saturated heterocycles. The molecule has 1 amide bonds. The minimum absolute atomic E-state index is 0.00965. The summed E-state index contributed by atoms with van der Waals surface area (Å²) >= 11 is 0. The van der Waals surface area contributed by atoms with Crippen LogP contribution in [-0.4, -0.2) is 31.0 Å². The largest absolute Gasteiger partial charge is 0.492 e. The summed E-state index contributed by atoms with van der Waals surface area (Å²) in [5.41, 5.74) is 6.90. The number of aryl methyl sites for hydroxylation is 2. The van der Waals surface area contributed by atoms with Gasteiger partial charge >= 0.3 is 0 Å². The van der Waals surface area contributed by atoms with Crippen LogP contribution in [0.15, 0.2) is 66.7 Å². The van der Waals surface area contributed by atoms with Gasteiger partial charge in [0, 0.05) is 12.6 Å². The molecule has 30 heavy (non-hydrogen) atoms. The predicted molar refractivity (Wildman–Crippen MR) is 124 cm³/mol. The van der Waals surface area contributed by atoms with Crippen molar-refractivity contribution in [3.63, 3.8) is 0 Å². The van der Waals surface area contributed by atoms with E-state index in [2.05, 4.69) is 57.2 Å². The first-order valence-corrected chi connectivity index (χ1v) is 10.5. The van der Waals surface area contributed by atoms with Crippen molar-refractivity contribution >= 4 is 5.91 Å². The Labute approximate surface area is 180 Å². The Bertz CT molecular complexity index is 1010. The van der Waals surface area contributed by atoms with Crippen molar-refractivity contribution in [2.24, 2.45) is 0 Å². The molecule has 0 bridgehead atoms. The molecule has 3 nitrogen and oxygen atoms in total. The van der Waals surface area contributed by atoms with E-state index in [1.54, 1.807) is 4.90 Å². The van der Waals surface area contributed by atoms with E-state index in [0.717, 1.165) is 11.3 Å². The van der Waals surface area contributed by atoms with Gasteiger partial charge in [-0.2, -0.15) is 0 Å². The summed E-state index contributed by atoms with van der Waals surface area (Å²) in [5, 5.41) is 0. The van der Waals surface area contributed by atoms with Gasteiger partial charge in [-0.05, 0) is 66.3 Å². The van der Waals surface area contributed by atoms with Gasteiger partial charge in [0.15, 0.2) is 0 Å². The van der Waals surface area contributed by atoms with Gasteiger partial charge in [-0.15, -0.1) is 0 Å². The number of likely N-dealkylation sites (N-methyl/N-ethyl adjacent to an activating group) is 1. The van der Waals surface area contributed by atoms with Crippen molar-refractivity contribution in [1.82, 2.24) is 4.90 Å². The van der Waals surface area contributed by atoms with E-state index in [1.807, 2.05) is 44.3 Å². The van der Waals surface area contributed by atoms with E-state index < -0.39 is 0 Å². The molecular weight excluding hydrogens is 370 g/mol. The topological polar surface area (TPSA) is 29.5 Å². The Balaban J connectivity index is 1.63. The van der Waals surface area contributed by atoms with Crippen molar-refractivity contribution in [3.05, 3.63) is 89.0 Å². The number of rotatable bonds is 7. The minimum atomic E-state index is 0.00965. The van der Waals surface area contributed by atoms with Crippen LogP contribution >= 0.6 is 0 Å². The lowest BCUT2D eigenvalue weighted by Crippen LogP contribution is -2.30. The van der Waals surface area contributed by atoms with Gasteiger partial charge in [0.1, 0.15) is 12.4 Å². The van der Waals surface area contributed by atoms with Crippen molar-refractivity contribution in [2.45, 2.75) is 33.6 Å². The first-order valence-electron chi connectivity index (χ1n) is 10.5. The van der Waals surface area contributed by atoms with Crippen molar-refractivity contribution < 1.29 is 9.53 Å². The van der Waals surface area contributed by atoms with Gasteiger partial charge in [-0.1, -0.05) is 61.9 Å². The molecule has 0 heterocycles. The van der Waals surface area contributed by atoms with Crippen molar-refractivity contribution in [2.75, 3.05) is 20.2 Å². The maximum absolute atomic E-state index is 12.5.